The minimum Gasteiger partial charge on any atom is -0.469 e. The maximum absolute atomic E-state index is 11.9. The molecule has 2 aromatic rings. The van der Waals surface area contributed by atoms with Gasteiger partial charge in [-0.3, -0.25) is 4.79 Å². The molecule has 0 aliphatic carbocycles. The third-order valence-corrected chi connectivity index (χ3v) is 3.28. The topological polar surface area (TPSA) is 54.6 Å². The van der Waals surface area contributed by atoms with Gasteiger partial charge < -0.3 is 9.73 Å². The van der Waals surface area contributed by atoms with Crippen molar-refractivity contribution in [2.75, 3.05) is 0 Å². The minimum absolute atomic E-state index is 0.147. The first kappa shape index (κ1) is 13.4. The van der Waals surface area contributed by atoms with Gasteiger partial charge in [0.2, 0.25) is 0 Å². The maximum atomic E-state index is 11.9. The number of amidine groups is 1. The molecular weight excluding hydrogens is 264 g/mol. The van der Waals surface area contributed by atoms with E-state index in [0.29, 0.717) is 18.0 Å². The Morgan fingerprint density at radius 2 is 2.14 bits per heavy atom. The van der Waals surface area contributed by atoms with Gasteiger partial charge in [0.15, 0.2) is 0 Å². The lowest BCUT2D eigenvalue weighted by atomic mass is 10.1. The summed E-state index contributed by atoms with van der Waals surface area (Å²) in [5.41, 5.74) is 2.59. The van der Waals surface area contributed by atoms with Gasteiger partial charge in [0.25, 0.3) is 5.91 Å². The third-order valence-electron chi connectivity index (χ3n) is 3.28. The molecule has 0 fully saturated rings. The second-order valence-corrected chi connectivity index (χ2v) is 5.04. The smallest absolute Gasteiger partial charge is 0.275 e. The van der Waals surface area contributed by atoms with Gasteiger partial charge in [-0.15, -0.1) is 0 Å². The Kier molecular flexibility index (Phi) is 3.69. The summed E-state index contributed by atoms with van der Waals surface area (Å²) < 4.78 is 5.27. The van der Waals surface area contributed by atoms with E-state index in [1.807, 2.05) is 49.4 Å². The van der Waals surface area contributed by atoms with E-state index in [0.717, 1.165) is 23.3 Å². The number of benzene rings is 1. The van der Waals surface area contributed by atoms with Crippen molar-refractivity contribution in [2.45, 2.75) is 19.8 Å². The van der Waals surface area contributed by atoms with Crippen LogP contribution in [0.25, 0.3) is 6.08 Å². The van der Waals surface area contributed by atoms with Crippen LogP contribution in [0.15, 0.2) is 57.8 Å². The minimum atomic E-state index is -0.147. The molecule has 4 nitrogen and oxygen atoms in total. The summed E-state index contributed by atoms with van der Waals surface area (Å²) in [4.78, 5) is 16.3. The standard InChI is InChI=1S/C17H16N2O2/c1-12-4-2-5-13(10-12)11-15-17(20)19-16(18-15)8-7-14-6-3-9-21-14/h2-6,9-11H,7-8H2,1H3,(H,18,19,20)/b15-11+. The Hall–Kier alpha value is -2.62. The van der Waals surface area contributed by atoms with Gasteiger partial charge in [-0.25, -0.2) is 4.99 Å². The van der Waals surface area contributed by atoms with Crippen molar-refractivity contribution in [3.05, 3.63) is 65.2 Å². The Labute approximate surface area is 123 Å². The number of carbonyl (C=O) groups is 1. The molecule has 0 atom stereocenters. The van der Waals surface area contributed by atoms with Crippen LogP contribution in [0.5, 0.6) is 0 Å². The van der Waals surface area contributed by atoms with Crippen LogP contribution in [-0.2, 0) is 11.2 Å². The number of hydrogen-bond acceptors (Lipinski definition) is 3. The molecule has 21 heavy (non-hydrogen) atoms. The summed E-state index contributed by atoms with van der Waals surface area (Å²) in [5, 5.41) is 2.80. The lowest BCUT2D eigenvalue weighted by Crippen LogP contribution is -2.24. The number of nitrogens with one attached hydrogen (secondary N) is 1. The molecule has 0 saturated carbocycles. The van der Waals surface area contributed by atoms with Gasteiger partial charge in [0.05, 0.1) is 6.26 Å². The summed E-state index contributed by atoms with van der Waals surface area (Å²) in [6.45, 7) is 2.02. The Balaban J connectivity index is 1.72. The van der Waals surface area contributed by atoms with Crippen molar-refractivity contribution in [3.63, 3.8) is 0 Å². The highest BCUT2D eigenvalue weighted by atomic mass is 16.3. The zero-order chi connectivity index (χ0) is 14.7. The Morgan fingerprint density at radius 1 is 1.24 bits per heavy atom. The van der Waals surface area contributed by atoms with Gasteiger partial charge >= 0.3 is 0 Å². The maximum Gasteiger partial charge on any atom is 0.275 e. The van der Waals surface area contributed by atoms with Gasteiger partial charge in [-0.2, -0.15) is 0 Å². The van der Waals surface area contributed by atoms with E-state index in [1.165, 1.54) is 0 Å². The van der Waals surface area contributed by atoms with Gasteiger partial charge in [-0.1, -0.05) is 29.8 Å². The van der Waals surface area contributed by atoms with Crippen molar-refractivity contribution in [2.24, 2.45) is 4.99 Å². The van der Waals surface area contributed by atoms with Crippen LogP contribution < -0.4 is 5.32 Å². The molecular formula is C17H16N2O2. The quantitative estimate of drug-likeness (QED) is 0.875. The molecule has 0 bridgehead atoms. The average molecular weight is 280 g/mol. The van der Waals surface area contributed by atoms with Crippen LogP contribution in [0, 0.1) is 6.92 Å². The molecule has 0 unspecified atom stereocenters. The molecule has 1 aromatic carbocycles. The highest BCUT2D eigenvalue weighted by Gasteiger charge is 2.19. The van der Waals surface area contributed by atoms with Crippen LogP contribution in [0.3, 0.4) is 0 Å². The molecule has 0 spiro atoms. The van der Waals surface area contributed by atoms with E-state index in [4.69, 9.17) is 4.42 Å². The van der Waals surface area contributed by atoms with Gasteiger partial charge in [0, 0.05) is 12.8 Å². The summed E-state index contributed by atoms with van der Waals surface area (Å²) in [6, 6.07) is 11.7. The van der Waals surface area contributed by atoms with Crippen LogP contribution in [0.2, 0.25) is 0 Å². The molecule has 1 amide bonds. The predicted octanol–water partition coefficient (Wildman–Crippen LogP) is 3.09. The summed E-state index contributed by atoms with van der Waals surface area (Å²) in [5.74, 6) is 1.43. The van der Waals surface area contributed by atoms with Crippen LogP contribution >= 0.6 is 0 Å². The van der Waals surface area contributed by atoms with E-state index < -0.39 is 0 Å². The van der Waals surface area contributed by atoms with E-state index in [-0.39, 0.29) is 5.91 Å². The van der Waals surface area contributed by atoms with Gasteiger partial charge in [0.1, 0.15) is 17.3 Å². The zero-order valence-electron chi connectivity index (χ0n) is 11.8. The first-order valence-corrected chi connectivity index (χ1v) is 6.90. The van der Waals surface area contributed by atoms with Crippen molar-refractivity contribution in [1.29, 1.82) is 0 Å². The highest BCUT2D eigenvalue weighted by molar-refractivity contribution is 6.14. The number of furan rings is 1. The normalized spacial score (nSPS) is 16.1. The molecule has 1 aromatic heterocycles. The number of rotatable bonds is 4. The molecule has 3 rings (SSSR count). The van der Waals surface area contributed by atoms with Crippen molar-refractivity contribution >= 4 is 17.8 Å². The van der Waals surface area contributed by atoms with Gasteiger partial charge in [-0.05, 0) is 30.7 Å². The summed E-state index contributed by atoms with van der Waals surface area (Å²) in [7, 11) is 0. The molecule has 1 N–H and O–H groups in total. The third kappa shape index (κ3) is 3.28. The first-order chi connectivity index (χ1) is 10.2. The second kappa shape index (κ2) is 5.79. The Bertz CT molecular complexity index is 712. The number of amides is 1. The van der Waals surface area contributed by atoms with Crippen LogP contribution in [-0.4, -0.2) is 11.7 Å². The SMILES string of the molecule is Cc1cccc(/C=C2/N=C(CCc3ccco3)NC2=O)c1. The lowest BCUT2D eigenvalue weighted by molar-refractivity contribution is -0.115. The number of aliphatic imine (C=N–C) groups is 1. The number of aryl methyl sites for hydroxylation is 2. The van der Waals surface area contributed by atoms with E-state index in [2.05, 4.69) is 10.3 Å². The van der Waals surface area contributed by atoms with E-state index in [1.54, 1.807) is 6.26 Å². The lowest BCUT2D eigenvalue weighted by Gasteiger charge is -1.97. The number of carbonyl (C=O) groups excluding carboxylic acids is 1. The molecule has 106 valence electrons. The second-order valence-electron chi connectivity index (χ2n) is 5.04. The molecule has 0 saturated heterocycles. The monoisotopic (exact) mass is 280 g/mol. The number of nitrogens with zero attached hydrogens (tertiary/aromatic N) is 1. The van der Waals surface area contributed by atoms with Crippen LogP contribution in [0.4, 0.5) is 0 Å². The molecule has 4 heteroatoms. The van der Waals surface area contributed by atoms with Crippen molar-refractivity contribution in [3.8, 4) is 0 Å². The van der Waals surface area contributed by atoms with Crippen molar-refractivity contribution < 1.29 is 9.21 Å². The summed E-state index contributed by atoms with van der Waals surface area (Å²) in [6.07, 6.45) is 4.84. The van der Waals surface area contributed by atoms with Crippen molar-refractivity contribution in [1.82, 2.24) is 5.32 Å². The average Bonchev–Trinajstić information content (AvgIpc) is 3.07. The first-order valence-electron chi connectivity index (χ1n) is 6.90. The largest absolute Gasteiger partial charge is 0.469 e. The zero-order valence-corrected chi connectivity index (χ0v) is 11.8. The number of hydrogen-bond donors (Lipinski definition) is 1. The molecule has 1 aliphatic heterocycles. The predicted molar refractivity (Wildman–Crippen MR) is 81.8 cm³/mol. The highest BCUT2D eigenvalue weighted by Crippen LogP contribution is 2.15. The van der Waals surface area contributed by atoms with E-state index >= 15 is 0 Å². The fourth-order valence-corrected chi connectivity index (χ4v) is 2.25. The van der Waals surface area contributed by atoms with E-state index in [9.17, 15) is 4.79 Å². The Morgan fingerprint density at radius 3 is 2.90 bits per heavy atom. The van der Waals surface area contributed by atoms with Crippen LogP contribution in [0.1, 0.15) is 23.3 Å². The fraction of sp³-hybridized carbons (Fsp3) is 0.176. The molecule has 2 heterocycles. The summed E-state index contributed by atoms with van der Waals surface area (Å²) >= 11 is 0. The molecule has 0 radical (unpaired) electrons. The molecule has 1 aliphatic rings. The fourth-order valence-electron chi connectivity index (χ4n) is 2.25.